The number of hydrogen-bond acceptors (Lipinski definition) is 20. The predicted octanol–water partition coefficient (Wildman–Crippen LogP) is 2.62. The van der Waals surface area contributed by atoms with E-state index in [0.717, 1.165) is 118 Å². The zero-order valence-electron chi connectivity index (χ0n) is 40.3. The van der Waals surface area contributed by atoms with E-state index in [2.05, 4.69) is 49.5 Å². The highest BCUT2D eigenvalue weighted by Crippen LogP contribution is 2.38. The van der Waals surface area contributed by atoms with Gasteiger partial charge in [0, 0.05) is 130 Å². The largest absolute Gasteiger partial charge is 0.378 e. The minimum Gasteiger partial charge on any atom is -0.378 e. The lowest BCUT2D eigenvalue weighted by atomic mass is 10.3. The Kier molecular flexibility index (Phi) is 15.7. The molecule has 12 rings (SSSR count). The number of nitrogens with two attached hydrogens (primary N) is 2. The van der Waals surface area contributed by atoms with Crippen molar-refractivity contribution >= 4 is 75.2 Å². The fourth-order valence-electron chi connectivity index (χ4n) is 8.98. The molecular formula is C47H65ClN20O4. The maximum atomic E-state index is 11.9. The third kappa shape index (κ3) is 11.7. The Morgan fingerprint density at radius 3 is 1.46 bits per heavy atom. The summed E-state index contributed by atoms with van der Waals surface area (Å²) in [6.07, 6.45) is 11.5. The molecule has 6 aliphatic rings. The molecule has 0 bridgehead atoms. The second-order valence-electron chi connectivity index (χ2n) is 18.6. The van der Waals surface area contributed by atoms with Gasteiger partial charge in [-0.15, -0.1) is 0 Å². The number of imidazole rings is 2. The van der Waals surface area contributed by atoms with Crippen molar-refractivity contribution in [3.8, 4) is 22.8 Å². The van der Waals surface area contributed by atoms with Crippen LogP contribution in [-0.4, -0.2) is 186 Å². The zero-order valence-corrected chi connectivity index (χ0v) is 41.0. The van der Waals surface area contributed by atoms with E-state index in [9.17, 15) is 9.59 Å². The molecule has 6 fully saturated rings. The van der Waals surface area contributed by atoms with Gasteiger partial charge in [0.2, 0.25) is 34.9 Å². The second-order valence-corrected chi connectivity index (χ2v) is 18.9. The number of halogens is 1. The highest BCUT2D eigenvalue weighted by molar-refractivity contribution is 6.29. The minimum atomic E-state index is 0. The Labute approximate surface area is 422 Å². The molecule has 72 heavy (non-hydrogen) atoms. The lowest BCUT2D eigenvalue weighted by Gasteiger charge is -2.35. The topological polar surface area (TPSA) is 272 Å². The van der Waals surface area contributed by atoms with Crippen LogP contribution in [0.5, 0.6) is 0 Å². The van der Waals surface area contributed by atoms with Crippen molar-refractivity contribution in [1.82, 2.24) is 74.1 Å². The number of amides is 2. The van der Waals surface area contributed by atoms with Crippen LogP contribution in [0.3, 0.4) is 0 Å². The Bertz CT molecular complexity index is 2810. The Morgan fingerprint density at radius 2 is 1.01 bits per heavy atom. The number of nitrogens with zero attached hydrogens (tertiary/aromatic N) is 17. The molecule has 0 atom stereocenters. The van der Waals surface area contributed by atoms with Crippen LogP contribution in [0.2, 0.25) is 5.28 Å². The van der Waals surface area contributed by atoms with E-state index >= 15 is 0 Å². The fraction of sp³-hybridized carbons (Fsp3) is 0.574. The van der Waals surface area contributed by atoms with Gasteiger partial charge in [-0.2, -0.15) is 0 Å². The summed E-state index contributed by atoms with van der Waals surface area (Å²) in [7, 11) is 0. The molecule has 24 nitrogen and oxygen atoms in total. The van der Waals surface area contributed by atoms with Crippen molar-refractivity contribution in [2.75, 3.05) is 131 Å². The molecule has 25 heteroatoms. The van der Waals surface area contributed by atoms with Crippen molar-refractivity contribution in [2.24, 2.45) is 11.8 Å². The summed E-state index contributed by atoms with van der Waals surface area (Å²) in [5, 5.41) is 3.63. The summed E-state index contributed by atoms with van der Waals surface area (Å²) in [6, 6.07) is 0. The average molecular weight is 1010 g/mol. The molecule has 0 spiro atoms. The molecule has 0 unspecified atom stereocenters. The normalized spacial score (nSPS) is 18.3. The minimum absolute atomic E-state index is 0. The van der Waals surface area contributed by atoms with E-state index in [1.165, 1.54) is 25.7 Å². The third-order valence-corrected chi connectivity index (χ3v) is 13.7. The van der Waals surface area contributed by atoms with Crippen LogP contribution in [0, 0.1) is 11.8 Å². The number of anilines is 5. The first-order chi connectivity index (χ1) is 34.6. The van der Waals surface area contributed by atoms with Crippen LogP contribution in [0.15, 0.2) is 24.8 Å². The molecule has 5 N–H and O–H groups in total. The van der Waals surface area contributed by atoms with Gasteiger partial charge >= 0.3 is 0 Å². The molecule has 6 aromatic rings. The lowest BCUT2D eigenvalue weighted by Crippen LogP contribution is -2.48. The monoisotopic (exact) mass is 1010 g/mol. The summed E-state index contributed by atoms with van der Waals surface area (Å²) in [6.45, 7) is 17.0. The number of morpholine rings is 2. The van der Waals surface area contributed by atoms with Crippen molar-refractivity contribution in [2.45, 2.75) is 60.0 Å². The molecule has 2 aliphatic carbocycles. The third-order valence-electron chi connectivity index (χ3n) is 13.4. The quantitative estimate of drug-likeness (QED) is 0.176. The number of ether oxygens (including phenoxy) is 2. The SMILES string of the molecule is C.CC(=O)N1CCN(c2nc3c(N4CCOCC4)nc(-c4cnc(N)nc4)nc3n2CC2CC2)CC1.CC(=O)N1CCNCC1.Nc1ncc(-c2nc(N3CCOCC3)c3nc(Cl)n(CC4CC4)c3n2)cn1. The molecule has 6 aromatic heterocycles. The van der Waals surface area contributed by atoms with Crippen molar-refractivity contribution < 1.29 is 19.1 Å². The molecule has 2 saturated carbocycles. The van der Waals surface area contributed by atoms with E-state index in [1.54, 1.807) is 38.6 Å². The predicted molar refractivity (Wildman–Crippen MR) is 274 cm³/mol. The van der Waals surface area contributed by atoms with E-state index in [4.69, 9.17) is 57.5 Å². The van der Waals surface area contributed by atoms with Gasteiger partial charge in [0.1, 0.15) is 0 Å². The molecule has 0 aromatic carbocycles. The molecular weight excluding hydrogens is 944 g/mol. The van der Waals surface area contributed by atoms with Gasteiger partial charge in [0.15, 0.2) is 45.6 Å². The highest BCUT2D eigenvalue weighted by Gasteiger charge is 2.32. The zero-order chi connectivity index (χ0) is 49.0. The maximum absolute atomic E-state index is 11.9. The van der Waals surface area contributed by atoms with E-state index in [-0.39, 0.29) is 31.1 Å². The van der Waals surface area contributed by atoms with Gasteiger partial charge in [-0.3, -0.25) is 18.7 Å². The number of piperazine rings is 2. The fourth-order valence-corrected chi connectivity index (χ4v) is 9.21. The average Bonchev–Trinajstić information content (AvgIpc) is 4.35. The van der Waals surface area contributed by atoms with Crippen LogP contribution in [0.4, 0.5) is 29.5 Å². The van der Waals surface area contributed by atoms with Crippen LogP contribution in [0.1, 0.15) is 47.0 Å². The molecule has 4 saturated heterocycles. The van der Waals surface area contributed by atoms with Gasteiger partial charge < -0.3 is 50.8 Å². The lowest BCUT2D eigenvalue weighted by molar-refractivity contribution is -0.130. The number of rotatable bonds is 9. The Hall–Kier alpha value is -6.63. The second kappa shape index (κ2) is 22.4. The summed E-state index contributed by atoms with van der Waals surface area (Å²) in [4.78, 5) is 78.6. The van der Waals surface area contributed by atoms with Gasteiger partial charge in [0.05, 0.1) is 37.6 Å². The first-order valence-corrected chi connectivity index (χ1v) is 24.9. The standard InChI is InChI=1S/C23H30N10O2.C17H19ClN8O.C6H12N2O.CH4/c1-15(34)30-4-6-32(7-5-30)23-27-18-20(31-8-10-35-11-9-31)28-19(17-12-25-22(24)26-13-17)29-21(18)33(23)14-16-2-3-16;18-16-22-12-14(25-3-5-27-6-4-25)23-13(11-7-20-17(19)21-8-11)24-15(12)26(16)9-10-1-2-10;1-6(9)8-4-2-7-3-5-8;/h12-13,16H,2-11,14H2,1H3,(H2,24,25,26);7-8,10H,1-6,9H2,(H2,19,20,21);7H,2-5H2,1H3;1H4. The van der Waals surface area contributed by atoms with Crippen molar-refractivity contribution in [3.05, 3.63) is 30.1 Å². The Morgan fingerprint density at radius 1 is 0.583 bits per heavy atom. The maximum Gasteiger partial charge on any atom is 0.219 e. The van der Waals surface area contributed by atoms with Gasteiger partial charge in [0.25, 0.3) is 0 Å². The molecule has 384 valence electrons. The van der Waals surface area contributed by atoms with Crippen LogP contribution in [-0.2, 0) is 32.2 Å². The van der Waals surface area contributed by atoms with E-state index in [0.29, 0.717) is 79.4 Å². The number of carbonyl (C=O) groups excluding carboxylic acids is 2. The van der Waals surface area contributed by atoms with Crippen LogP contribution in [0.25, 0.3) is 45.1 Å². The number of nitrogen functional groups attached to an aromatic ring is 2. The van der Waals surface area contributed by atoms with Crippen molar-refractivity contribution in [1.29, 1.82) is 0 Å². The van der Waals surface area contributed by atoms with Gasteiger partial charge in [-0.25, -0.2) is 49.8 Å². The molecule has 2 amide bonds. The van der Waals surface area contributed by atoms with Crippen molar-refractivity contribution in [3.63, 3.8) is 0 Å². The first kappa shape index (κ1) is 50.3. The summed E-state index contributed by atoms with van der Waals surface area (Å²) in [5.41, 5.74) is 15.8. The smallest absolute Gasteiger partial charge is 0.219 e. The Balaban J connectivity index is 0.000000153. The number of aromatic nitrogens is 12. The highest BCUT2D eigenvalue weighted by atomic mass is 35.5. The van der Waals surface area contributed by atoms with Gasteiger partial charge in [-0.1, -0.05) is 7.43 Å². The van der Waals surface area contributed by atoms with Crippen LogP contribution < -0.4 is 31.5 Å². The summed E-state index contributed by atoms with van der Waals surface area (Å²) < 4.78 is 15.3. The molecule has 0 radical (unpaired) electrons. The number of fused-ring (bicyclic) bond motifs is 2. The van der Waals surface area contributed by atoms with Crippen LogP contribution >= 0.6 is 11.6 Å². The number of carbonyl (C=O) groups is 2. The van der Waals surface area contributed by atoms with E-state index < -0.39 is 0 Å². The molecule has 4 aliphatic heterocycles. The first-order valence-electron chi connectivity index (χ1n) is 24.6. The molecule has 10 heterocycles. The van der Waals surface area contributed by atoms with Gasteiger partial charge in [-0.05, 0) is 49.1 Å². The number of nitrogens with one attached hydrogen (secondary N) is 1. The number of hydrogen-bond donors (Lipinski definition) is 3. The summed E-state index contributed by atoms with van der Waals surface area (Å²) in [5.74, 6) is 5.60. The van der Waals surface area contributed by atoms with E-state index in [1.807, 2.05) is 14.4 Å². The summed E-state index contributed by atoms with van der Waals surface area (Å²) >= 11 is 6.47.